The molecule has 0 bridgehead atoms. The molecule has 0 saturated carbocycles. The third-order valence-corrected chi connectivity index (χ3v) is 7.64. The van der Waals surface area contributed by atoms with Gasteiger partial charge < -0.3 is 10.2 Å². The number of piperidine rings is 1. The van der Waals surface area contributed by atoms with Crippen LogP contribution >= 0.6 is 11.8 Å². The van der Waals surface area contributed by atoms with Crippen molar-refractivity contribution in [1.82, 2.24) is 10.2 Å². The average Bonchev–Trinajstić information content (AvgIpc) is 2.92. The van der Waals surface area contributed by atoms with Crippen LogP contribution in [-0.2, 0) is 6.54 Å². The van der Waals surface area contributed by atoms with Gasteiger partial charge in [-0.05, 0) is 91.2 Å². The second-order valence-electron chi connectivity index (χ2n) is 9.62. The minimum atomic E-state index is -0.0249. The summed E-state index contributed by atoms with van der Waals surface area (Å²) >= 11 is 1.68. The molecule has 5 heteroatoms. The highest BCUT2D eigenvalue weighted by Crippen LogP contribution is 2.28. The van der Waals surface area contributed by atoms with Gasteiger partial charge in [-0.3, -0.25) is 9.69 Å². The molecule has 188 valence electrons. The van der Waals surface area contributed by atoms with Gasteiger partial charge in [-0.25, -0.2) is 0 Å². The Labute approximate surface area is 220 Å². The van der Waals surface area contributed by atoms with Gasteiger partial charge in [0, 0.05) is 43.3 Å². The predicted octanol–water partition coefficient (Wildman–Crippen LogP) is 6.30. The van der Waals surface area contributed by atoms with Gasteiger partial charge in [0.1, 0.15) is 0 Å². The van der Waals surface area contributed by atoms with Crippen LogP contribution in [0.1, 0.15) is 45.8 Å². The first-order chi connectivity index (χ1) is 17.5. The SMILES string of the molecule is CSc1ccc(C(=O)NCc2cccc(C3CCN(CC=Cc4ccc(N(C)C)cc4)CC3)c2)cc1. The molecular weight excluding hydrogens is 462 g/mol. The maximum Gasteiger partial charge on any atom is 0.251 e. The zero-order valence-corrected chi connectivity index (χ0v) is 22.4. The molecule has 0 aliphatic carbocycles. The molecular formula is C31H37N3OS. The van der Waals surface area contributed by atoms with E-state index in [0.29, 0.717) is 18.0 Å². The van der Waals surface area contributed by atoms with Crippen molar-refractivity contribution < 1.29 is 4.79 Å². The maximum absolute atomic E-state index is 12.5. The summed E-state index contributed by atoms with van der Waals surface area (Å²) in [7, 11) is 4.13. The Hall–Kier alpha value is -3.02. The molecule has 3 aromatic carbocycles. The molecule has 0 atom stereocenters. The van der Waals surface area contributed by atoms with Crippen LogP contribution in [0.5, 0.6) is 0 Å². The summed E-state index contributed by atoms with van der Waals surface area (Å²) < 4.78 is 0. The van der Waals surface area contributed by atoms with Gasteiger partial charge in [-0.2, -0.15) is 0 Å². The molecule has 1 amide bonds. The monoisotopic (exact) mass is 499 g/mol. The minimum Gasteiger partial charge on any atom is -0.378 e. The first-order valence-electron chi connectivity index (χ1n) is 12.7. The Bertz CT molecular complexity index is 1150. The van der Waals surface area contributed by atoms with Crippen molar-refractivity contribution in [2.75, 3.05) is 44.9 Å². The number of thioether (sulfide) groups is 1. The van der Waals surface area contributed by atoms with Crippen molar-refractivity contribution in [3.05, 3.63) is 101 Å². The van der Waals surface area contributed by atoms with Crippen LogP contribution < -0.4 is 10.2 Å². The highest BCUT2D eigenvalue weighted by atomic mass is 32.2. The smallest absolute Gasteiger partial charge is 0.251 e. The van der Waals surface area contributed by atoms with E-state index in [0.717, 1.165) is 30.1 Å². The lowest BCUT2D eigenvalue weighted by Crippen LogP contribution is -2.33. The summed E-state index contributed by atoms with van der Waals surface area (Å²) in [6, 6.07) is 25.2. The van der Waals surface area contributed by atoms with Gasteiger partial charge in [0.15, 0.2) is 0 Å². The Morgan fingerprint density at radius 3 is 2.42 bits per heavy atom. The molecule has 1 saturated heterocycles. The van der Waals surface area contributed by atoms with Gasteiger partial charge >= 0.3 is 0 Å². The highest BCUT2D eigenvalue weighted by molar-refractivity contribution is 7.98. The third kappa shape index (κ3) is 7.25. The second kappa shape index (κ2) is 12.8. The number of carbonyl (C=O) groups is 1. The molecule has 1 aliphatic heterocycles. The number of nitrogens with zero attached hydrogens (tertiary/aromatic N) is 2. The van der Waals surface area contributed by atoms with Crippen LogP contribution in [0.4, 0.5) is 5.69 Å². The third-order valence-electron chi connectivity index (χ3n) is 6.90. The topological polar surface area (TPSA) is 35.6 Å². The Kier molecular flexibility index (Phi) is 9.26. The Morgan fingerprint density at radius 2 is 1.75 bits per heavy atom. The number of hydrogen-bond acceptors (Lipinski definition) is 4. The van der Waals surface area contributed by atoms with Crippen molar-refractivity contribution in [1.29, 1.82) is 0 Å². The van der Waals surface area contributed by atoms with Crippen LogP contribution in [0.2, 0.25) is 0 Å². The van der Waals surface area contributed by atoms with E-state index in [2.05, 4.69) is 89.9 Å². The maximum atomic E-state index is 12.5. The van der Waals surface area contributed by atoms with E-state index in [9.17, 15) is 4.79 Å². The lowest BCUT2D eigenvalue weighted by Gasteiger charge is -2.31. The van der Waals surface area contributed by atoms with Gasteiger partial charge in [0.05, 0.1) is 0 Å². The van der Waals surface area contributed by atoms with Crippen LogP contribution in [-0.4, -0.2) is 50.8 Å². The normalized spacial score (nSPS) is 14.8. The molecule has 0 spiro atoms. The van der Waals surface area contributed by atoms with E-state index in [1.54, 1.807) is 11.8 Å². The molecule has 0 aromatic heterocycles. The Morgan fingerprint density at radius 1 is 1.03 bits per heavy atom. The Balaban J connectivity index is 1.24. The van der Waals surface area contributed by atoms with E-state index in [1.807, 2.05) is 30.5 Å². The standard InChI is InChI=1S/C31H37N3OS/c1-33(2)29-13-9-24(10-14-29)7-5-19-34-20-17-26(18-21-34)28-8-4-6-25(22-28)23-32-31(35)27-11-15-30(36-3)16-12-27/h4-16,22,26H,17-21,23H2,1-3H3,(H,32,35). The van der Waals surface area contributed by atoms with Gasteiger partial charge in [-0.15, -0.1) is 11.8 Å². The predicted molar refractivity (Wildman–Crippen MR) is 154 cm³/mol. The number of nitrogens with one attached hydrogen (secondary N) is 1. The molecule has 0 unspecified atom stereocenters. The van der Waals surface area contributed by atoms with Crippen LogP contribution in [0.15, 0.2) is 83.8 Å². The lowest BCUT2D eigenvalue weighted by molar-refractivity contribution is 0.0951. The number of anilines is 1. The molecule has 1 N–H and O–H groups in total. The molecule has 4 rings (SSSR count). The summed E-state index contributed by atoms with van der Waals surface area (Å²) in [6.45, 7) is 3.77. The van der Waals surface area contributed by atoms with Crippen molar-refractivity contribution >= 4 is 29.4 Å². The summed E-state index contributed by atoms with van der Waals surface area (Å²) in [5.41, 5.74) is 5.73. The minimum absolute atomic E-state index is 0.0249. The van der Waals surface area contributed by atoms with Crippen molar-refractivity contribution in [3.8, 4) is 0 Å². The highest BCUT2D eigenvalue weighted by Gasteiger charge is 2.20. The molecule has 1 fully saturated rings. The quantitative estimate of drug-likeness (QED) is 0.351. The largest absolute Gasteiger partial charge is 0.378 e. The van der Waals surface area contributed by atoms with Crippen LogP contribution in [0.25, 0.3) is 6.08 Å². The summed E-state index contributed by atoms with van der Waals surface area (Å²) in [4.78, 5) is 18.3. The second-order valence-corrected chi connectivity index (χ2v) is 10.5. The number of hydrogen-bond donors (Lipinski definition) is 1. The van der Waals surface area contributed by atoms with Gasteiger partial charge in [0.25, 0.3) is 5.91 Å². The molecule has 0 radical (unpaired) electrons. The number of likely N-dealkylation sites (tertiary alicyclic amines) is 1. The molecule has 1 heterocycles. The molecule has 4 nitrogen and oxygen atoms in total. The van der Waals surface area contributed by atoms with E-state index in [1.165, 1.54) is 29.7 Å². The van der Waals surface area contributed by atoms with Crippen molar-refractivity contribution in [2.24, 2.45) is 0 Å². The van der Waals surface area contributed by atoms with E-state index in [-0.39, 0.29) is 5.91 Å². The first kappa shape index (κ1) is 26.1. The fourth-order valence-electron chi connectivity index (χ4n) is 4.65. The summed E-state index contributed by atoms with van der Waals surface area (Å²) in [5.74, 6) is 0.557. The van der Waals surface area contributed by atoms with Crippen LogP contribution in [0.3, 0.4) is 0 Å². The van der Waals surface area contributed by atoms with Crippen molar-refractivity contribution in [3.63, 3.8) is 0 Å². The zero-order chi connectivity index (χ0) is 25.3. The van der Waals surface area contributed by atoms with Gasteiger partial charge in [0.2, 0.25) is 0 Å². The van der Waals surface area contributed by atoms with Crippen LogP contribution in [0, 0.1) is 0 Å². The number of rotatable bonds is 9. The lowest BCUT2D eigenvalue weighted by atomic mass is 9.88. The average molecular weight is 500 g/mol. The number of carbonyl (C=O) groups excluding carboxylic acids is 1. The fraction of sp³-hybridized carbons (Fsp3) is 0.323. The molecule has 36 heavy (non-hydrogen) atoms. The molecule has 3 aromatic rings. The summed E-state index contributed by atoms with van der Waals surface area (Å²) in [5, 5.41) is 3.07. The van der Waals surface area contributed by atoms with Gasteiger partial charge in [-0.1, -0.05) is 48.6 Å². The first-order valence-corrected chi connectivity index (χ1v) is 13.9. The number of amides is 1. The molecule has 1 aliphatic rings. The van der Waals surface area contributed by atoms with E-state index < -0.39 is 0 Å². The zero-order valence-electron chi connectivity index (χ0n) is 21.6. The van der Waals surface area contributed by atoms with E-state index in [4.69, 9.17) is 0 Å². The number of benzene rings is 3. The fourth-order valence-corrected chi connectivity index (χ4v) is 5.06. The van der Waals surface area contributed by atoms with Crippen molar-refractivity contribution in [2.45, 2.75) is 30.2 Å². The summed E-state index contributed by atoms with van der Waals surface area (Å²) in [6.07, 6.45) is 8.88. The van der Waals surface area contributed by atoms with E-state index >= 15 is 0 Å².